The van der Waals surface area contributed by atoms with E-state index in [9.17, 15) is 8.42 Å². The van der Waals surface area contributed by atoms with E-state index in [1.165, 1.54) is 10.7 Å². The van der Waals surface area contributed by atoms with E-state index in [2.05, 4.69) is 10.4 Å². The number of aromatic nitrogens is 1. The van der Waals surface area contributed by atoms with Crippen LogP contribution in [0.3, 0.4) is 0 Å². The second kappa shape index (κ2) is 6.64. The van der Waals surface area contributed by atoms with Gasteiger partial charge in [0.05, 0.1) is 23.5 Å². The molecule has 0 saturated carbocycles. The topological polar surface area (TPSA) is 62.3 Å². The van der Waals surface area contributed by atoms with Crippen molar-refractivity contribution in [3.8, 4) is 0 Å². The molecule has 0 aliphatic carbocycles. The Morgan fingerprint density at radius 1 is 1.11 bits per heavy atom. The molecule has 27 heavy (non-hydrogen) atoms. The van der Waals surface area contributed by atoms with Gasteiger partial charge in [0, 0.05) is 10.9 Å². The summed E-state index contributed by atoms with van der Waals surface area (Å²) in [5.41, 5.74) is 7.17. The molecule has 0 spiro atoms. The van der Waals surface area contributed by atoms with Crippen molar-refractivity contribution in [3.63, 3.8) is 0 Å². The molecule has 5 nitrogen and oxygen atoms in total. The second-order valence-electron chi connectivity index (χ2n) is 6.62. The number of nitrogens with zero attached hydrogens (tertiary/aromatic N) is 2. The molecular formula is C20H18ClN3O2S. The Hall–Kier alpha value is -2.41. The van der Waals surface area contributed by atoms with E-state index in [-0.39, 0.29) is 5.15 Å². The Morgan fingerprint density at radius 2 is 1.81 bits per heavy atom. The zero-order valence-corrected chi connectivity index (χ0v) is 16.4. The first-order valence-electron chi connectivity index (χ1n) is 8.43. The molecule has 1 aliphatic heterocycles. The van der Waals surface area contributed by atoms with Crippen LogP contribution < -0.4 is 5.43 Å². The molecule has 0 fully saturated rings. The normalized spacial score (nSPS) is 17.7. The van der Waals surface area contributed by atoms with Crippen LogP contribution in [0.2, 0.25) is 5.15 Å². The van der Waals surface area contributed by atoms with E-state index < -0.39 is 16.1 Å². The van der Waals surface area contributed by atoms with Gasteiger partial charge in [0.2, 0.25) is 10.0 Å². The number of nitrogens with one attached hydrogen (secondary N) is 1. The van der Waals surface area contributed by atoms with Gasteiger partial charge in [-0.15, -0.1) is 4.41 Å². The van der Waals surface area contributed by atoms with Crippen molar-refractivity contribution in [3.05, 3.63) is 82.5 Å². The molecule has 2 aromatic carbocycles. The zero-order valence-electron chi connectivity index (χ0n) is 14.8. The third-order valence-electron chi connectivity index (χ3n) is 4.55. The molecule has 1 aromatic heterocycles. The minimum Gasteiger partial charge on any atom is -0.304 e. The fourth-order valence-corrected chi connectivity index (χ4v) is 4.28. The number of halogens is 1. The van der Waals surface area contributed by atoms with Gasteiger partial charge < -0.3 is 5.43 Å². The molecule has 0 amide bonds. The average Bonchev–Trinajstić information content (AvgIpc) is 3.07. The molecule has 2 heterocycles. The summed E-state index contributed by atoms with van der Waals surface area (Å²) in [6.07, 6.45) is 3.03. The SMILES string of the molecule is Cc1ccc(C2=C[C@@H](c3cc4ccccc4nc3Cl)N(S(C)(=O)=O)N2)cc1. The quantitative estimate of drug-likeness (QED) is 0.674. The van der Waals surface area contributed by atoms with Crippen molar-refractivity contribution in [2.45, 2.75) is 13.0 Å². The number of aryl methyl sites for hydroxylation is 1. The number of hydrazine groups is 1. The van der Waals surface area contributed by atoms with Crippen LogP contribution >= 0.6 is 11.6 Å². The van der Waals surface area contributed by atoms with Crippen LogP contribution in [0.5, 0.6) is 0 Å². The number of pyridine rings is 1. The molecular weight excluding hydrogens is 382 g/mol. The van der Waals surface area contributed by atoms with Crippen molar-refractivity contribution in [1.82, 2.24) is 14.8 Å². The summed E-state index contributed by atoms with van der Waals surface area (Å²) >= 11 is 6.42. The maximum Gasteiger partial charge on any atom is 0.228 e. The molecule has 3 aromatic rings. The Bertz CT molecular complexity index is 1160. The van der Waals surface area contributed by atoms with E-state index in [1.807, 2.05) is 67.6 Å². The Labute approximate surface area is 163 Å². The van der Waals surface area contributed by atoms with Crippen LogP contribution in [0.15, 0.2) is 60.7 Å². The van der Waals surface area contributed by atoms with Gasteiger partial charge in [0.25, 0.3) is 0 Å². The zero-order chi connectivity index (χ0) is 19.2. The van der Waals surface area contributed by atoms with E-state index >= 15 is 0 Å². The predicted octanol–water partition coefficient (Wildman–Crippen LogP) is 4.06. The standard InChI is InChI=1S/C20H18ClN3O2S/c1-13-7-9-14(10-8-13)18-12-19(24(23-18)27(2,25)26)16-11-15-5-3-4-6-17(15)22-20(16)21/h3-12,19,23H,1-2H3/t19-/m0/s1. The fourth-order valence-electron chi connectivity index (χ4n) is 3.17. The molecule has 1 aliphatic rings. The van der Waals surface area contributed by atoms with Crippen LogP contribution in [0.4, 0.5) is 0 Å². The van der Waals surface area contributed by atoms with E-state index in [4.69, 9.17) is 11.6 Å². The van der Waals surface area contributed by atoms with E-state index in [0.717, 1.165) is 27.7 Å². The summed E-state index contributed by atoms with van der Waals surface area (Å²) in [7, 11) is -3.54. The average molecular weight is 400 g/mol. The number of benzene rings is 2. The van der Waals surface area contributed by atoms with Gasteiger partial charge >= 0.3 is 0 Å². The highest BCUT2D eigenvalue weighted by Crippen LogP contribution is 2.36. The first-order valence-corrected chi connectivity index (χ1v) is 10.7. The summed E-state index contributed by atoms with van der Waals surface area (Å²) < 4.78 is 26.0. The summed E-state index contributed by atoms with van der Waals surface area (Å²) in [5.74, 6) is 0. The van der Waals surface area contributed by atoms with Crippen molar-refractivity contribution < 1.29 is 8.42 Å². The Kier molecular flexibility index (Phi) is 4.42. The van der Waals surface area contributed by atoms with Crippen molar-refractivity contribution >= 4 is 38.2 Å². The van der Waals surface area contributed by atoms with E-state index in [0.29, 0.717) is 5.56 Å². The van der Waals surface area contributed by atoms with Crippen LogP contribution in [0.1, 0.15) is 22.7 Å². The third-order valence-corrected chi connectivity index (χ3v) is 5.89. The second-order valence-corrected chi connectivity index (χ2v) is 8.84. The number of hydrogen-bond donors (Lipinski definition) is 1. The highest BCUT2D eigenvalue weighted by Gasteiger charge is 2.35. The van der Waals surface area contributed by atoms with Gasteiger partial charge in [-0.2, -0.15) is 0 Å². The third kappa shape index (κ3) is 3.43. The van der Waals surface area contributed by atoms with Gasteiger partial charge in [-0.25, -0.2) is 13.4 Å². The molecule has 0 radical (unpaired) electrons. The first-order chi connectivity index (χ1) is 12.8. The molecule has 1 atom stereocenters. The van der Waals surface area contributed by atoms with Crippen molar-refractivity contribution in [2.75, 3.05) is 6.26 Å². The van der Waals surface area contributed by atoms with E-state index in [1.54, 1.807) is 0 Å². The van der Waals surface area contributed by atoms with Gasteiger partial charge in [-0.05, 0) is 30.7 Å². The lowest BCUT2D eigenvalue weighted by atomic mass is 10.0. The van der Waals surface area contributed by atoms with Crippen molar-refractivity contribution in [2.24, 2.45) is 0 Å². The Balaban J connectivity index is 1.84. The lowest BCUT2D eigenvalue weighted by Crippen LogP contribution is -2.38. The van der Waals surface area contributed by atoms with Gasteiger partial charge in [-0.1, -0.05) is 59.6 Å². The highest BCUT2D eigenvalue weighted by molar-refractivity contribution is 7.88. The summed E-state index contributed by atoms with van der Waals surface area (Å²) in [6, 6.07) is 16.8. The number of fused-ring (bicyclic) bond motifs is 1. The minimum atomic E-state index is -3.54. The molecule has 7 heteroatoms. The molecule has 1 N–H and O–H groups in total. The highest BCUT2D eigenvalue weighted by atomic mass is 35.5. The van der Waals surface area contributed by atoms with Crippen LogP contribution in [0.25, 0.3) is 16.6 Å². The van der Waals surface area contributed by atoms with Gasteiger partial charge in [0.1, 0.15) is 5.15 Å². The lowest BCUT2D eigenvalue weighted by Gasteiger charge is -2.23. The molecule has 0 unspecified atom stereocenters. The van der Waals surface area contributed by atoms with Gasteiger partial charge in [-0.3, -0.25) is 0 Å². The molecule has 0 bridgehead atoms. The smallest absolute Gasteiger partial charge is 0.228 e. The van der Waals surface area contributed by atoms with Crippen LogP contribution in [-0.2, 0) is 10.0 Å². The number of hydrogen-bond acceptors (Lipinski definition) is 4. The number of para-hydroxylation sites is 1. The van der Waals surface area contributed by atoms with Crippen LogP contribution in [0, 0.1) is 6.92 Å². The molecule has 4 rings (SSSR count). The Morgan fingerprint density at radius 3 is 2.52 bits per heavy atom. The monoisotopic (exact) mass is 399 g/mol. The van der Waals surface area contributed by atoms with Crippen LogP contribution in [-0.4, -0.2) is 24.1 Å². The number of sulfonamides is 1. The van der Waals surface area contributed by atoms with Gasteiger partial charge in [0.15, 0.2) is 0 Å². The van der Waals surface area contributed by atoms with Crippen molar-refractivity contribution in [1.29, 1.82) is 0 Å². The summed E-state index contributed by atoms with van der Waals surface area (Å²) in [4.78, 5) is 4.43. The summed E-state index contributed by atoms with van der Waals surface area (Å²) in [6.45, 7) is 2.01. The number of rotatable bonds is 3. The first kappa shape index (κ1) is 18.0. The maximum atomic E-state index is 12.4. The summed E-state index contributed by atoms with van der Waals surface area (Å²) in [5, 5.41) is 1.19. The largest absolute Gasteiger partial charge is 0.304 e. The predicted molar refractivity (Wildman–Crippen MR) is 108 cm³/mol. The molecule has 138 valence electrons. The minimum absolute atomic E-state index is 0.288. The molecule has 0 saturated heterocycles. The maximum absolute atomic E-state index is 12.4. The lowest BCUT2D eigenvalue weighted by molar-refractivity contribution is 0.351. The fraction of sp³-hybridized carbons (Fsp3) is 0.150.